The number of likely N-dealkylation sites (tertiary alicyclic amines) is 1. The van der Waals surface area contributed by atoms with Crippen molar-refractivity contribution in [3.63, 3.8) is 0 Å². The molecule has 0 saturated carbocycles. The Labute approximate surface area is 157 Å². The van der Waals surface area contributed by atoms with Gasteiger partial charge in [-0.2, -0.15) is 0 Å². The summed E-state index contributed by atoms with van der Waals surface area (Å²) >= 11 is 0. The Kier molecular flexibility index (Phi) is 4.77. The van der Waals surface area contributed by atoms with Gasteiger partial charge in [0.15, 0.2) is 0 Å². The molecule has 1 aromatic heterocycles. The number of nitrogens with one attached hydrogen (secondary N) is 1. The van der Waals surface area contributed by atoms with Crippen molar-refractivity contribution in [3.05, 3.63) is 59.4 Å². The predicted molar refractivity (Wildman–Crippen MR) is 98.1 cm³/mol. The van der Waals surface area contributed by atoms with Gasteiger partial charge >= 0.3 is 12.0 Å². The molecule has 1 fully saturated rings. The van der Waals surface area contributed by atoms with Crippen LogP contribution in [-0.2, 0) is 11.3 Å². The molecule has 1 atom stereocenters. The van der Waals surface area contributed by atoms with Crippen molar-refractivity contribution in [1.29, 1.82) is 0 Å². The molecule has 1 aromatic carbocycles. The molecule has 7 heteroatoms. The first kappa shape index (κ1) is 17.5. The average Bonchev–Trinajstić information content (AvgIpc) is 3.08. The van der Waals surface area contributed by atoms with Gasteiger partial charge in [-0.1, -0.05) is 6.07 Å². The van der Waals surface area contributed by atoms with Gasteiger partial charge in [0, 0.05) is 30.5 Å². The van der Waals surface area contributed by atoms with Gasteiger partial charge in [0.25, 0.3) is 0 Å². The maximum Gasteiger partial charge on any atom is 0.338 e. The molecule has 0 unspecified atom stereocenters. The lowest BCUT2D eigenvalue weighted by atomic mass is 9.89. The molecule has 2 aliphatic rings. The number of carbonyl (C=O) groups excluding carboxylic acids is 2. The number of ether oxygens (including phenoxy) is 1. The molecule has 2 aromatic rings. The Morgan fingerprint density at radius 1 is 1.26 bits per heavy atom. The first-order valence-corrected chi connectivity index (χ1v) is 9.07. The van der Waals surface area contributed by atoms with E-state index in [-0.39, 0.29) is 24.5 Å². The number of piperidine rings is 1. The first-order valence-electron chi connectivity index (χ1n) is 9.07. The minimum atomic E-state index is -0.606. The first-order chi connectivity index (χ1) is 13.1. The van der Waals surface area contributed by atoms with Crippen LogP contribution in [0.3, 0.4) is 0 Å². The van der Waals surface area contributed by atoms with Crippen molar-refractivity contribution >= 4 is 17.7 Å². The molecular weight excluding hydrogens is 346 g/mol. The third-order valence-corrected chi connectivity index (χ3v) is 5.20. The molecular formula is C20H21N3O4. The maximum absolute atomic E-state index is 12.5. The molecule has 3 heterocycles. The van der Waals surface area contributed by atoms with Gasteiger partial charge < -0.3 is 20.1 Å². The van der Waals surface area contributed by atoms with Crippen LogP contribution in [0.1, 0.15) is 40.6 Å². The summed E-state index contributed by atoms with van der Waals surface area (Å²) in [5.41, 5.74) is 2.66. The summed E-state index contributed by atoms with van der Waals surface area (Å²) in [5.74, 6) is -0.233. The highest BCUT2D eigenvalue weighted by atomic mass is 16.5. The van der Waals surface area contributed by atoms with Crippen LogP contribution in [0.15, 0.2) is 42.6 Å². The molecule has 140 valence electrons. The van der Waals surface area contributed by atoms with E-state index in [0.717, 1.165) is 18.4 Å². The molecule has 27 heavy (non-hydrogen) atoms. The molecule has 0 radical (unpaired) electrons. The number of benzene rings is 1. The number of amides is 2. The van der Waals surface area contributed by atoms with Crippen LogP contribution in [0, 0.1) is 5.92 Å². The van der Waals surface area contributed by atoms with Gasteiger partial charge in [0.05, 0.1) is 17.4 Å². The summed E-state index contributed by atoms with van der Waals surface area (Å²) in [4.78, 5) is 30.0. The summed E-state index contributed by atoms with van der Waals surface area (Å²) in [5, 5.41) is 13.4. The van der Waals surface area contributed by atoms with E-state index in [0.29, 0.717) is 30.0 Å². The fraction of sp³-hybridized carbons (Fsp3) is 0.350. The zero-order valence-electron chi connectivity index (χ0n) is 14.8. The lowest BCUT2D eigenvalue weighted by Gasteiger charge is -2.34. The highest BCUT2D eigenvalue weighted by molar-refractivity contribution is 5.95. The van der Waals surface area contributed by atoms with E-state index in [1.165, 1.54) is 0 Å². The van der Waals surface area contributed by atoms with E-state index in [2.05, 4.69) is 10.3 Å². The van der Waals surface area contributed by atoms with Gasteiger partial charge in [-0.25, -0.2) is 9.59 Å². The third kappa shape index (κ3) is 3.64. The maximum atomic E-state index is 12.5. The Morgan fingerprint density at radius 2 is 2.07 bits per heavy atom. The number of nitrogens with zero attached hydrogens (tertiary/aromatic N) is 2. The molecule has 1 saturated heterocycles. The number of aliphatic hydroxyl groups is 1. The normalized spacial score (nSPS) is 18.0. The number of pyridine rings is 1. The standard InChI is InChI=1S/C20H21N3O4/c24-18(17-3-1-2-8-21-17)13-6-9-23(10-7-13)20(26)22-15-4-5-16-14(11-15)12-27-19(16)25/h1-5,8,11,13,18,24H,6-7,9-10,12H2,(H,22,26)/t18-/m1/s1. The van der Waals surface area contributed by atoms with Crippen molar-refractivity contribution in [2.45, 2.75) is 25.6 Å². The highest BCUT2D eigenvalue weighted by Crippen LogP contribution is 2.30. The summed E-state index contributed by atoms with van der Waals surface area (Å²) in [6.07, 6.45) is 2.51. The van der Waals surface area contributed by atoms with E-state index in [1.807, 2.05) is 18.2 Å². The molecule has 0 bridgehead atoms. The van der Waals surface area contributed by atoms with E-state index < -0.39 is 6.10 Å². The number of aromatic nitrogens is 1. The van der Waals surface area contributed by atoms with E-state index in [4.69, 9.17) is 4.74 Å². The number of anilines is 1. The molecule has 4 rings (SSSR count). The van der Waals surface area contributed by atoms with Crippen LogP contribution in [0.5, 0.6) is 0 Å². The van der Waals surface area contributed by atoms with Crippen LogP contribution in [0.25, 0.3) is 0 Å². The lowest BCUT2D eigenvalue weighted by Crippen LogP contribution is -2.42. The van der Waals surface area contributed by atoms with Crippen molar-refractivity contribution < 1.29 is 19.4 Å². The third-order valence-electron chi connectivity index (χ3n) is 5.20. The topological polar surface area (TPSA) is 91.8 Å². The Morgan fingerprint density at radius 3 is 2.81 bits per heavy atom. The van der Waals surface area contributed by atoms with Crippen LogP contribution < -0.4 is 5.32 Å². The van der Waals surface area contributed by atoms with Crippen LogP contribution >= 0.6 is 0 Å². The van der Waals surface area contributed by atoms with Crippen LogP contribution in [-0.4, -0.2) is 40.1 Å². The second kappa shape index (κ2) is 7.36. The second-order valence-electron chi connectivity index (χ2n) is 6.90. The Hall–Kier alpha value is -2.93. The molecule has 2 aliphatic heterocycles. The molecule has 2 N–H and O–H groups in total. The number of rotatable bonds is 3. The number of esters is 1. The minimum Gasteiger partial charge on any atom is -0.457 e. The number of aliphatic hydroxyl groups excluding tert-OH is 1. The number of hydrogen-bond donors (Lipinski definition) is 2. The minimum absolute atomic E-state index is 0.0899. The summed E-state index contributed by atoms with van der Waals surface area (Å²) in [6, 6.07) is 10.5. The SMILES string of the molecule is O=C1OCc2cc(NC(=O)N3CCC([C@@H](O)c4ccccn4)CC3)ccc21. The fourth-order valence-electron chi connectivity index (χ4n) is 3.62. The summed E-state index contributed by atoms with van der Waals surface area (Å²) < 4.78 is 4.98. The van der Waals surface area contributed by atoms with Crippen molar-refractivity contribution in [2.24, 2.45) is 5.92 Å². The number of hydrogen-bond acceptors (Lipinski definition) is 5. The van der Waals surface area contributed by atoms with Gasteiger partial charge in [0.2, 0.25) is 0 Å². The Balaban J connectivity index is 1.33. The fourth-order valence-corrected chi connectivity index (χ4v) is 3.62. The molecule has 0 aliphatic carbocycles. The largest absolute Gasteiger partial charge is 0.457 e. The van der Waals surface area contributed by atoms with E-state index >= 15 is 0 Å². The van der Waals surface area contributed by atoms with Crippen molar-refractivity contribution in [3.8, 4) is 0 Å². The van der Waals surface area contributed by atoms with Crippen molar-refractivity contribution in [1.82, 2.24) is 9.88 Å². The number of carbonyl (C=O) groups is 2. The molecule has 0 spiro atoms. The predicted octanol–water partition coefficient (Wildman–Crippen LogP) is 2.73. The zero-order chi connectivity index (χ0) is 18.8. The number of fused-ring (bicyclic) bond motifs is 1. The van der Waals surface area contributed by atoms with Gasteiger partial charge in [0.1, 0.15) is 6.61 Å². The highest BCUT2D eigenvalue weighted by Gasteiger charge is 2.29. The summed E-state index contributed by atoms with van der Waals surface area (Å²) in [6.45, 7) is 1.40. The molecule has 2 amide bonds. The van der Waals surface area contributed by atoms with E-state index in [1.54, 1.807) is 29.3 Å². The van der Waals surface area contributed by atoms with E-state index in [9.17, 15) is 14.7 Å². The Bertz CT molecular complexity index is 848. The second-order valence-corrected chi connectivity index (χ2v) is 6.90. The number of urea groups is 1. The van der Waals surface area contributed by atoms with Crippen LogP contribution in [0.2, 0.25) is 0 Å². The van der Waals surface area contributed by atoms with Crippen molar-refractivity contribution in [2.75, 3.05) is 18.4 Å². The lowest BCUT2D eigenvalue weighted by molar-refractivity contribution is 0.0535. The quantitative estimate of drug-likeness (QED) is 0.814. The monoisotopic (exact) mass is 367 g/mol. The average molecular weight is 367 g/mol. The zero-order valence-corrected chi connectivity index (χ0v) is 14.8. The summed E-state index contributed by atoms with van der Waals surface area (Å²) in [7, 11) is 0. The smallest absolute Gasteiger partial charge is 0.338 e. The van der Waals surface area contributed by atoms with Gasteiger partial charge in [-0.15, -0.1) is 0 Å². The molecule has 7 nitrogen and oxygen atoms in total. The van der Waals surface area contributed by atoms with Crippen LogP contribution in [0.4, 0.5) is 10.5 Å². The number of cyclic esters (lactones) is 1. The van der Waals surface area contributed by atoms with Gasteiger partial charge in [-0.05, 0) is 49.1 Å². The van der Waals surface area contributed by atoms with Gasteiger partial charge in [-0.3, -0.25) is 4.98 Å².